The van der Waals surface area contributed by atoms with Gasteiger partial charge in [-0.3, -0.25) is 9.78 Å². The van der Waals surface area contributed by atoms with Crippen LogP contribution in [0.2, 0.25) is 0 Å². The van der Waals surface area contributed by atoms with Crippen LogP contribution in [0.1, 0.15) is 29.5 Å². The van der Waals surface area contributed by atoms with Gasteiger partial charge in [0.25, 0.3) is 0 Å². The molecule has 7 heteroatoms. The van der Waals surface area contributed by atoms with Crippen molar-refractivity contribution in [1.82, 2.24) is 4.98 Å². The topological polar surface area (TPSA) is 68.0 Å². The van der Waals surface area contributed by atoms with E-state index in [0.29, 0.717) is 11.1 Å². The molecule has 0 bridgehead atoms. The van der Waals surface area contributed by atoms with Gasteiger partial charge in [0.1, 0.15) is 0 Å². The lowest BCUT2D eigenvalue weighted by Gasteiger charge is -2.15. The fourth-order valence-electron chi connectivity index (χ4n) is 2.08. The molecule has 1 amide bonds. The molecule has 2 aromatic rings. The molecule has 3 N–H and O–H groups in total. The van der Waals surface area contributed by atoms with Gasteiger partial charge in [0.15, 0.2) is 0 Å². The summed E-state index contributed by atoms with van der Waals surface area (Å²) in [5.74, 6) is -0.958. The van der Waals surface area contributed by atoms with Gasteiger partial charge in [-0.15, -0.1) is 0 Å². The van der Waals surface area contributed by atoms with Gasteiger partial charge in [-0.1, -0.05) is 6.07 Å². The van der Waals surface area contributed by atoms with Crippen molar-refractivity contribution < 1.29 is 18.0 Å². The molecule has 0 radical (unpaired) electrons. The van der Waals surface area contributed by atoms with Crippen LogP contribution in [0.3, 0.4) is 0 Å². The van der Waals surface area contributed by atoms with Crippen molar-refractivity contribution >= 4 is 11.6 Å². The van der Waals surface area contributed by atoms with Crippen LogP contribution in [0.15, 0.2) is 42.7 Å². The number of carbonyl (C=O) groups is 1. The van der Waals surface area contributed by atoms with E-state index in [1.807, 2.05) is 0 Å². The number of nitrogens with one attached hydrogen (secondary N) is 1. The average Bonchev–Trinajstić information content (AvgIpc) is 2.53. The molecule has 0 fully saturated rings. The van der Waals surface area contributed by atoms with Crippen molar-refractivity contribution in [3.05, 3.63) is 59.4 Å². The lowest BCUT2D eigenvalue weighted by Crippen LogP contribution is -2.20. The van der Waals surface area contributed by atoms with Crippen LogP contribution in [0.5, 0.6) is 0 Å². The number of nitrogens with two attached hydrogens (primary N) is 1. The SMILES string of the molecule is CC(C(=O)Nc1cc(CN)cc(C(F)(F)F)c1)c1cccnc1. The van der Waals surface area contributed by atoms with E-state index in [-0.39, 0.29) is 12.2 Å². The van der Waals surface area contributed by atoms with E-state index in [1.165, 1.54) is 6.07 Å². The monoisotopic (exact) mass is 323 g/mol. The Hall–Kier alpha value is -2.41. The fourth-order valence-corrected chi connectivity index (χ4v) is 2.08. The Morgan fingerprint density at radius 1 is 1.35 bits per heavy atom. The minimum atomic E-state index is -4.50. The maximum absolute atomic E-state index is 12.9. The number of hydrogen-bond acceptors (Lipinski definition) is 3. The number of anilines is 1. The number of aromatic nitrogens is 1. The summed E-state index contributed by atoms with van der Waals surface area (Å²) in [6.07, 6.45) is -1.38. The number of halogens is 3. The van der Waals surface area contributed by atoms with Crippen molar-refractivity contribution in [3.8, 4) is 0 Å². The van der Waals surface area contributed by atoms with Gasteiger partial charge in [0.05, 0.1) is 11.5 Å². The Kier molecular flexibility index (Phi) is 5.00. The average molecular weight is 323 g/mol. The number of amides is 1. The first-order chi connectivity index (χ1) is 10.8. The molecule has 4 nitrogen and oxygen atoms in total. The van der Waals surface area contributed by atoms with E-state index in [0.717, 1.165) is 12.1 Å². The van der Waals surface area contributed by atoms with E-state index in [2.05, 4.69) is 10.3 Å². The van der Waals surface area contributed by atoms with Crippen LogP contribution in [0.25, 0.3) is 0 Å². The Morgan fingerprint density at radius 2 is 2.09 bits per heavy atom. The van der Waals surface area contributed by atoms with Crippen molar-refractivity contribution in [3.63, 3.8) is 0 Å². The van der Waals surface area contributed by atoms with Gasteiger partial charge >= 0.3 is 6.18 Å². The summed E-state index contributed by atoms with van der Waals surface area (Å²) < 4.78 is 38.7. The molecule has 0 aliphatic rings. The highest BCUT2D eigenvalue weighted by Gasteiger charge is 2.31. The third-order valence-corrected chi connectivity index (χ3v) is 3.40. The van der Waals surface area contributed by atoms with Crippen LogP contribution in [0.4, 0.5) is 18.9 Å². The van der Waals surface area contributed by atoms with Gasteiger partial charge in [-0.05, 0) is 42.3 Å². The Morgan fingerprint density at radius 3 is 2.65 bits per heavy atom. The van der Waals surface area contributed by atoms with E-state index in [1.54, 1.807) is 31.5 Å². The van der Waals surface area contributed by atoms with Gasteiger partial charge in [-0.25, -0.2) is 0 Å². The van der Waals surface area contributed by atoms with E-state index in [9.17, 15) is 18.0 Å². The van der Waals surface area contributed by atoms with Crippen LogP contribution in [-0.4, -0.2) is 10.9 Å². The molecular formula is C16H16F3N3O. The van der Waals surface area contributed by atoms with E-state index in [4.69, 9.17) is 5.73 Å². The van der Waals surface area contributed by atoms with Crippen LogP contribution < -0.4 is 11.1 Å². The number of alkyl halides is 3. The number of benzene rings is 1. The Bertz CT molecular complexity index is 687. The zero-order valence-corrected chi connectivity index (χ0v) is 12.4. The number of pyridine rings is 1. The summed E-state index contributed by atoms with van der Waals surface area (Å²) in [7, 11) is 0. The number of rotatable bonds is 4. The van der Waals surface area contributed by atoms with Crippen LogP contribution >= 0.6 is 0 Å². The molecule has 1 heterocycles. The number of nitrogens with zero attached hydrogens (tertiary/aromatic N) is 1. The van der Waals surface area contributed by atoms with Crippen LogP contribution in [-0.2, 0) is 17.5 Å². The number of hydrogen-bond donors (Lipinski definition) is 2. The second-order valence-corrected chi connectivity index (χ2v) is 5.12. The summed E-state index contributed by atoms with van der Waals surface area (Å²) in [5, 5.41) is 2.51. The summed E-state index contributed by atoms with van der Waals surface area (Å²) in [6, 6.07) is 6.72. The quantitative estimate of drug-likeness (QED) is 0.907. The van der Waals surface area contributed by atoms with E-state index >= 15 is 0 Å². The molecule has 0 aliphatic carbocycles. The molecule has 0 aliphatic heterocycles. The van der Waals surface area contributed by atoms with Crippen molar-refractivity contribution in [2.45, 2.75) is 25.6 Å². The largest absolute Gasteiger partial charge is 0.416 e. The standard InChI is InChI=1S/C16H16F3N3O/c1-10(12-3-2-4-21-9-12)15(23)22-14-6-11(8-20)5-13(7-14)16(17,18)19/h2-7,9-10H,8,20H2,1H3,(H,22,23). The Balaban J connectivity index is 2.24. The molecule has 0 spiro atoms. The highest BCUT2D eigenvalue weighted by Crippen LogP contribution is 2.32. The minimum absolute atomic E-state index is 0.0506. The van der Waals surface area contributed by atoms with Crippen LogP contribution in [0, 0.1) is 0 Å². The molecule has 122 valence electrons. The zero-order chi connectivity index (χ0) is 17.0. The first kappa shape index (κ1) is 17.0. The maximum atomic E-state index is 12.9. The van der Waals surface area contributed by atoms with Gasteiger partial charge < -0.3 is 11.1 Å². The Labute approximate surface area is 131 Å². The lowest BCUT2D eigenvalue weighted by atomic mass is 10.0. The predicted octanol–water partition coefficient (Wildman–Crippen LogP) is 3.30. The smallest absolute Gasteiger partial charge is 0.326 e. The highest BCUT2D eigenvalue weighted by atomic mass is 19.4. The maximum Gasteiger partial charge on any atom is 0.416 e. The minimum Gasteiger partial charge on any atom is -0.326 e. The predicted molar refractivity (Wildman–Crippen MR) is 80.6 cm³/mol. The third kappa shape index (κ3) is 4.29. The second kappa shape index (κ2) is 6.78. The van der Waals surface area contributed by atoms with Crippen molar-refractivity contribution in [2.24, 2.45) is 5.73 Å². The third-order valence-electron chi connectivity index (χ3n) is 3.40. The molecule has 1 aromatic carbocycles. The first-order valence-corrected chi connectivity index (χ1v) is 6.93. The summed E-state index contributed by atoms with van der Waals surface area (Å²) >= 11 is 0. The normalized spacial score (nSPS) is 12.7. The molecule has 23 heavy (non-hydrogen) atoms. The number of carbonyl (C=O) groups excluding carboxylic acids is 1. The molecule has 1 unspecified atom stereocenters. The summed E-state index contributed by atoms with van der Waals surface area (Å²) in [6.45, 7) is 1.61. The fraction of sp³-hybridized carbons (Fsp3) is 0.250. The van der Waals surface area contributed by atoms with Gasteiger partial charge in [-0.2, -0.15) is 13.2 Å². The molecule has 1 aromatic heterocycles. The molecular weight excluding hydrogens is 307 g/mol. The molecule has 0 saturated heterocycles. The summed E-state index contributed by atoms with van der Waals surface area (Å²) in [5.41, 5.74) is 5.62. The van der Waals surface area contributed by atoms with E-state index < -0.39 is 23.6 Å². The van der Waals surface area contributed by atoms with Crippen molar-refractivity contribution in [2.75, 3.05) is 5.32 Å². The zero-order valence-electron chi connectivity index (χ0n) is 12.4. The van der Waals surface area contributed by atoms with Gasteiger partial charge in [0, 0.05) is 24.6 Å². The molecule has 0 saturated carbocycles. The summed E-state index contributed by atoms with van der Waals surface area (Å²) in [4.78, 5) is 16.1. The molecule has 1 atom stereocenters. The second-order valence-electron chi connectivity index (χ2n) is 5.12. The highest BCUT2D eigenvalue weighted by molar-refractivity contribution is 5.95. The lowest BCUT2D eigenvalue weighted by molar-refractivity contribution is -0.137. The van der Waals surface area contributed by atoms with Gasteiger partial charge in [0.2, 0.25) is 5.91 Å². The van der Waals surface area contributed by atoms with Crippen molar-refractivity contribution in [1.29, 1.82) is 0 Å². The molecule has 2 rings (SSSR count). The first-order valence-electron chi connectivity index (χ1n) is 6.93.